The molecule has 2 unspecified atom stereocenters. The van der Waals surface area contributed by atoms with Crippen LogP contribution in [0.4, 0.5) is 13.2 Å². The van der Waals surface area contributed by atoms with E-state index >= 15 is 0 Å². The molecular formula is C18H17F3N2OS. The molecule has 0 saturated carbocycles. The average Bonchev–Trinajstić information content (AvgIpc) is 2.60. The number of hydrogen-bond acceptors (Lipinski definition) is 3. The Hall–Kier alpha value is -1.99. The normalized spacial score (nSPS) is 21.0. The summed E-state index contributed by atoms with van der Waals surface area (Å²) in [7, 11) is 0. The van der Waals surface area contributed by atoms with E-state index in [1.165, 1.54) is 17.8 Å². The summed E-state index contributed by atoms with van der Waals surface area (Å²) in [6.45, 7) is 0. The van der Waals surface area contributed by atoms with Gasteiger partial charge in [0, 0.05) is 18.2 Å². The van der Waals surface area contributed by atoms with Gasteiger partial charge >= 0.3 is 6.18 Å². The molecule has 1 fully saturated rings. The molecule has 0 aliphatic carbocycles. The summed E-state index contributed by atoms with van der Waals surface area (Å²) < 4.78 is 38.3. The average molecular weight is 366 g/mol. The fourth-order valence-electron chi connectivity index (χ4n) is 2.68. The SMILES string of the molecule is O=C1CC(c2ccccc2)NC(SCc2cccc(C(F)(F)F)c2)N1. The van der Waals surface area contributed by atoms with E-state index < -0.39 is 11.7 Å². The summed E-state index contributed by atoms with van der Waals surface area (Å²) in [5.74, 6) is 0.290. The molecule has 1 amide bonds. The van der Waals surface area contributed by atoms with Crippen LogP contribution >= 0.6 is 11.8 Å². The van der Waals surface area contributed by atoms with Crippen LogP contribution in [-0.2, 0) is 16.7 Å². The Kier molecular flexibility index (Phi) is 5.34. The molecule has 3 rings (SSSR count). The lowest BCUT2D eigenvalue weighted by Crippen LogP contribution is -2.50. The number of alkyl halides is 3. The lowest BCUT2D eigenvalue weighted by atomic mass is 10.0. The monoisotopic (exact) mass is 366 g/mol. The topological polar surface area (TPSA) is 41.1 Å². The van der Waals surface area contributed by atoms with E-state index in [1.54, 1.807) is 6.07 Å². The van der Waals surface area contributed by atoms with Crippen LogP contribution in [0.3, 0.4) is 0 Å². The molecule has 2 aromatic carbocycles. The first kappa shape index (κ1) is 17.8. The number of nitrogens with one attached hydrogen (secondary N) is 2. The van der Waals surface area contributed by atoms with Gasteiger partial charge in [-0.1, -0.05) is 48.5 Å². The van der Waals surface area contributed by atoms with E-state index in [4.69, 9.17) is 0 Å². The highest BCUT2D eigenvalue weighted by Crippen LogP contribution is 2.31. The second kappa shape index (κ2) is 7.49. The first-order valence-corrected chi connectivity index (χ1v) is 8.85. The lowest BCUT2D eigenvalue weighted by molar-refractivity contribution is -0.137. The van der Waals surface area contributed by atoms with E-state index in [1.807, 2.05) is 30.3 Å². The molecule has 1 aliphatic rings. The number of rotatable bonds is 4. The van der Waals surface area contributed by atoms with Crippen LogP contribution in [0.15, 0.2) is 54.6 Å². The van der Waals surface area contributed by atoms with Crippen LogP contribution in [-0.4, -0.2) is 11.4 Å². The Labute approximate surface area is 148 Å². The van der Waals surface area contributed by atoms with Gasteiger partial charge < -0.3 is 5.32 Å². The number of thioether (sulfide) groups is 1. The summed E-state index contributed by atoms with van der Waals surface area (Å²) in [5, 5.41) is 6.15. The van der Waals surface area contributed by atoms with Gasteiger partial charge in [0.1, 0.15) is 5.50 Å². The number of halogens is 3. The van der Waals surface area contributed by atoms with Gasteiger partial charge in [0.15, 0.2) is 0 Å². The third-order valence-corrected chi connectivity index (χ3v) is 4.99. The molecule has 2 aromatic rings. The number of hydrogen-bond donors (Lipinski definition) is 2. The maximum Gasteiger partial charge on any atom is 0.416 e. The second-order valence-corrected chi connectivity index (χ2v) is 6.88. The van der Waals surface area contributed by atoms with Gasteiger partial charge in [0.2, 0.25) is 5.91 Å². The number of carbonyl (C=O) groups excluding carboxylic acids is 1. The fraction of sp³-hybridized carbons (Fsp3) is 0.278. The maximum absolute atomic E-state index is 12.8. The van der Waals surface area contributed by atoms with Crippen LogP contribution in [0.2, 0.25) is 0 Å². The van der Waals surface area contributed by atoms with E-state index in [-0.39, 0.29) is 17.4 Å². The minimum atomic E-state index is -4.35. The van der Waals surface area contributed by atoms with Crippen LogP contribution in [0.1, 0.15) is 29.2 Å². The molecule has 2 N–H and O–H groups in total. The quantitative estimate of drug-likeness (QED) is 0.857. The van der Waals surface area contributed by atoms with Gasteiger partial charge in [0.05, 0.1) is 5.56 Å². The molecular weight excluding hydrogens is 349 g/mol. The van der Waals surface area contributed by atoms with Gasteiger partial charge in [-0.25, -0.2) is 0 Å². The second-order valence-electron chi connectivity index (χ2n) is 5.79. The molecule has 1 heterocycles. The van der Waals surface area contributed by atoms with Crippen molar-refractivity contribution in [3.8, 4) is 0 Å². The van der Waals surface area contributed by atoms with Crippen molar-refractivity contribution < 1.29 is 18.0 Å². The molecule has 0 aromatic heterocycles. The van der Waals surface area contributed by atoms with Gasteiger partial charge in [-0.2, -0.15) is 13.2 Å². The number of amides is 1. The highest BCUT2D eigenvalue weighted by atomic mass is 32.2. The molecule has 132 valence electrons. The first-order chi connectivity index (χ1) is 11.9. The molecule has 1 saturated heterocycles. The van der Waals surface area contributed by atoms with Crippen molar-refractivity contribution in [1.82, 2.24) is 10.6 Å². The predicted octanol–water partition coefficient (Wildman–Crippen LogP) is 4.07. The largest absolute Gasteiger partial charge is 0.416 e. The van der Waals surface area contributed by atoms with Crippen molar-refractivity contribution in [3.05, 3.63) is 71.3 Å². The molecule has 7 heteroatoms. The standard InChI is InChI=1S/C18H17F3N2OS/c19-18(20,21)14-8-4-5-12(9-14)11-25-17-22-15(10-16(24)23-17)13-6-2-1-3-7-13/h1-9,15,17,22H,10-11H2,(H,23,24). The summed E-state index contributed by atoms with van der Waals surface area (Å²) in [4.78, 5) is 11.9. The molecule has 3 nitrogen and oxygen atoms in total. The molecule has 25 heavy (non-hydrogen) atoms. The number of carbonyl (C=O) groups is 1. The zero-order chi connectivity index (χ0) is 17.9. The van der Waals surface area contributed by atoms with E-state index in [2.05, 4.69) is 10.6 Å². The molecule has 1 aliphatic heterocycles. The predicted molar refractivity (Wildman–Crippen MR) is 91.6 cm³/mol. The smallest absolute Gasteiger partial charge is 0.332 e. The highest BCUT2D eigenvalue weighted by Gasteiger charge is 2.31. The van der Waals surface area contributed by atoms with Crippen molar-refractivity contribution in [1.29, 1.82) is 0 Å². The minimum absolute atomic E-state index is 0.0749. The maximum atomic E-state index is 12.8. The Balaban J connectivity index is 1.64. The van der Waals surface area contributed by atoms with Crippen molar-refractivity contribution in [2.75, 3.05) is 0 Å². The molecule has 2 atom stereocenters. The van der Waals surface area contributed by atoms with Gasteiger partial charge in [-0.15, -0.1) is 11.8 Å². The summed E-state index contributed by atoms with van der Waals surface area (Å²) in [5.41, 5.74) is 0.578. The third-order valence-electron chi connectivity index (χ3n) is 3.91. The lowest BCUT2D eigenvalue weighted by Gasteiger charge is -2.31. The van der Waals surface area contributed by atoms with Crippen LogP contribution in [0, 0.1) is 0 Å². The van der Waals surface area contributed by atoms with Crippen LogP contribution < -0.4 is 10.6 Å². The number of benzene rings is 2. The molecule has 0 spiro atoms. The van der Waals surface area contributed by atoms with E-state index in [0.29, 0.717) is 17.7 Å². The third kappa shape index (κ3) is 4.76. The van der Waals surface area contributed by atoms with Gasteiger partial charge in [-0.3, -0.25) is 10.1 Å². The molecule has 0 radical (unpaired) electrons. The van der Waals surface area contributed by atoms with E-state index in [9.17, 15) is 18.0 Å². The summed E-state index contributed by atoms with van der Waals surface area (Å²) in [6.07, 6.45) is -4.01. The fourth-order valence-corrected chi connectivity index (χ4v) is 3.69. The van der Waals surface area contributed by atoms with Crippen molar-refractivity contribution in [2.24, 2.45) is 0 Å². The summed E-state index contributed by atoms with van der Waals surface area (Å²) in [6, 6.07) is 14.8. The summed E-state index contributed by atoms with van der Waals surface area (Å²) >= 11 is 1.36. The Morgan fingerprint density at radius 2 is 1.84 bits per heavy atom. The minimum Gasteiger partial charge on any atom is -0.332 e. The zero-order valence-corrected chi connectivity index (χ0v) is 14.0. The highest BCUT2D eigenvalue weighted by molar-refractivity contribution is 7.99. The van der Waals surface area contributed by atoms with Crippen molar-refractivity contribution >= 4 is 17.7 Å². The van der Waals surface area contributed by atoms with Crippen LogP contribution in [0.25, 0.3) is 0 Å². The zero-order valence-electron chi connectivity index (χ0n) is 13.2. The first-order valence-electron chi connectivity index (χ1n) is 7.80. The van der Waals surface area contributed by atoms with Crippen molar-refractivity contribution in [3.63, 3.8) is 0 Å². The van der Waals surface area contributed by atoms with Crippen LogP contribution in [0.5, 0.6) is 0 Å². The molecule has 0 bridgehead atoms. The van der Waals surface area contributed by atoms with E-state index in [0.717, 1.165) is 17.7 Å². The van der Waals surface area contributed by atoms with Crippen molar-refractivity contribution in [2.45, 2.75) is 29.9 Å². The Bertz CT molecular complexity index is 737. The Morgan fingerprint density at radius 3 is 2.56 bits per heavy atom. The van der Waals surface area contributed by atoms with Gasteiger partial charge in [-0.05, 0) is 17.2 Å². The van der Waals surface area contributed by atoms with Gasteiger partial charge in [0.25, 0.3) is 0 Å². The Morgan fingerprint density at radius 1 is 1.08 bits per heavy atom.